The van der Waals surface area contributed by atoms with Crippen LogP contribution in [-0.4, -0.2) is 29.5 Å². The van der Waals surface area contributed by atoms with E-state index >= 15 is 0 Å². The van der Waals surface area contributed by atoms with E-state index < -0.39 is 0 Å². The molecule has 1 aliphatic rings. The van der Waals surface area contributed by atoms with Gasteiger partial charge in [-0.3, -0.25) is 0 Å². The zero-order valence-electron chi connectivity index (χ0n) is 13.9. The number of aromatic nitrogens is 2. The topological polar surface area (TPSA) is 69.4 Å². The first-order chi connectivity index (χ1) is 11.6. The average Bonchev–Trinajstić information content (AvgIpc) is 3.23. The highest BCUT2D eigenvalue weighted by molar-refractivity contribution is 6.30. The van der Waals surface area contributed by atoms with Crippen molar-refractivity contribution in [1.29, 1.82) is 0 Å². The largest absolute Gasteiger partial charge is 0.489 e. The van der Waals surface area contributed by atoms with Gasteiger partial charge in [-0.1, -0.05) is 30.6 Å². The number of hydrogen-bond donors (Lipinski definition) is 1. The van der Waals surface area contributed by atoms with Crippen LogP contribution in [0.4, 0.5) is 5.69 Å². The molecule has 0 amide bonds. The molecule has 7 heteroatoms. The molecule has 2 aromatic rings. The summed E-state index contributed by atoms with van der Waals surface area (Å²) in [4.78, 5) is 4.35. The van der Waals surface area contributed by atoms with Gasteiger partial charge in [0.1, 0.15) is 12.4 Å². The van der Waals surface area contributed by atoms with Crippen molar-refractivity contribution in [3.8, 4) is 5.75 Å². The first-order valence-corrected chi connectivity index (χ1v) is 8.60. The van der Waals surface area contributed by atoms with Crippen LogP contribution in [0.2, 0.25) is 5.02 Å². The molecule has 1 N–H and O–H groups in total. The van der Waals surface area contributed by atoms with Crippen molar-refractivity contribution < 1.29 is 14.0 Å². The molecule has 24 heavy (non-hydrogen) atoms. The Kier molecular flexibility index (Phi) is 5.58. The Morgan fingerprint density at radius 3 is 3.00 bits per heavy atom. The third-order valence-electron chi connectivity index (χ3n) is 3.82. The van der Waals surface area contributed by atoms with Gasteiger partial charge < -0.3 is 19.3 Å². The third-order valence-corrected chi connectivity index (χ3v) is 4.06. The summed E-state index contributed by atoms with van der Waals surface area (Å²) in [5.74, 6) is 2.20. The lowest BCUT2D eigenvalue weighted by atomic mass is 10.2. The second-order valence-electron chi connectivity index (χ2n) is 6.14. The van der Waals surface area contributed by atoms with Crippen molar-refractivity contribution in [2.75, 3.05) is 18.5 Å². The summed E-state index contributed by atoms with van der Waals surface area (Å²) in [6.45, 7) is 5.81. The van der Waals surface area contributed by atoms with Crippen molar-refractivity contribution in [2.45, 2.75) is 45.3 Å². The Balaban J connectivity index is 1.63. The van der Waals surface area contributed by atoms with E-state index in [0.717, 1.165) is 30.9 Å². The maximum atomic E-state index is 6.10. The predicted octanol–water partition coefficient (Wildman–Crippen LogP) is 4.02. The molecule has 1 unspecified atom stereocenters. The van der Waals surface area contributed by atoms with Gasteiger partial charge in [-0.05, 0) is 31.0 Å². The number of rotatable bonds is 7. The molecule has 2 heterocycles. The molecule has 1 aromatic heterocycles. The Bertz CT molecular complexity index is 669. The zero-order valence-corrected chi connectivity index (χ0v) is 14.7. The molecule has 1 aliphatic heterocycles. The zero-order chi connectivity index (χ0) is 16.9. The first-order valence-electron chi connectivity index (χ1n) is 8.22. The molecule has 6 nitrogen and oxygen atoms in total. The normalized spacial score (nSPS) is 17.4. The van der Waals surface area contributed by atoms with E-state index in [1.165, 1.54) is 0 Å². The standard InChI is InChI=1S/C17H22ClN3O3/c1-11(2)17-20-16(24-21-17)9-19-14-8-12(18)5-6-15(14)23-10-13-4-3-7-22-13/h5-6,8,11,13,19H,3-4,7,9-10H2,1-2H3. The summed E-state index contributed by atoms with van der Waals surface area (Å²) < 4.78 is 16.7. The monoisotopic (exact) mass is 351 g/mol. The fraction of sp³-hybridized carbons (Fsp3) is 0.529. The minimum absolute atomic E-state index is 0.165. The molecule has 0 spiro atoms. The quantitative estimate of drug-likeness (QED) is 0.812. The minimum Gasteiger partial charge on any atom is -0.489 e. The maximum absolute atomic E-state index is 6.10. The lowest BCUT2D eigenvalue weighted by Crippen LogP contribution is -2.17. The van der Waals surface area contributed by atoms with Crippen molar-refractivity contribution in [3.05, 3.63) is 34.9 Å². The van der Waals surface area contributed by atoms with Crippen LogP contribution < -0.4 is 10.1 Å². The summed E-state index contributed by atoms with van der Waals surface area (Å²) in [7, 11) is 0. The van der Waals surface area contributed by atoms with Gasteiger partial charge in [0.25, 0.3) is 0 Å². The van der Waals surface area contributed by atoms with E-state index in [1.54, 1.807) is 6.07 Å². The Labute approximate surface area is 146 Å². The van der Waals surface area contributed by atoms with E-state index in [-0.39, 0.29) is 12.0 Å². The van der Waals surface area contributed by atoms with Crippen molar-refractivity contribution in [2.24, 2.45) is 0 Å². The fourth-order valence-corrected chi connectivity index (χ4v) is 2.64. The number of anilines is 1. The number of halogens is 1. The first kappa shape index (κ1) is 17.0. The van der Waals surface area contributed by atoms with E-state index in [9.17, 15) is 0 Å². The Morgan fingerprint density at radius 2 is 2.29 bits per heavy atom. The second kappa shape index (κ2) is 7.85. The highest BCUT2D eigenvalue weighted by Gasteiger charge is 2.17. The number of ether oxygens (including phenoxy) is 2. The van der Waals surface area contributed by atoms with Crippen molar-refractivity contribution in [3.63, 3.8) is 0 Å². The van der Waals surface area contributed by atoms with Crippen LogP contribution in [0.1, 0.15) is 44.3 Å². The van der Waals surface area contributed by atoms with Crippen LogP contribution in [0.25, 0.3) is 0 Å². The summed E-state index contributed by atoms with van der Waals surface area (Å²) in [5.41, 5.74) is 0.796. The van der Waals surface area contributed by atoms with Crippen LogP contribution in [0.5, 0.6) is 5.75 Å². The highest BCUT2D eigenvalue weighted by Crippen LogP contribution is 2.29. The Morgan fingerprint density at radius 1 is 1.42 bits per heavy atom. The van der Waals surface area contributed by atoms with Crippen LogP contribution in [0.3, 0.4) is 0 Å². The van der Waals surface area contributed by atoms with E-state index in [4.69, 9.17) is 25.6 Å². The van der Waals surface area contributed by atoms with E-state index in [1.807, 2.05) is 26.0 Å². The highest BCUT2D eigenvalue weighted by atomic mass is 35.5. The lowest BCUT2D eigenvalue weighted by Gasteiger charge is -2.15. The molecule has 0 radical (unpaired) electrons. The predicted molar refractivity (Wildman–Crippen MR) is 91.6 cm³/mol. The van der Waals surface area contributed by atoms with Gasteiger partial charge in [0.05, 0.1) is 18.3 Å². The molecule has 130 valence electrons. The summed E-state index contributed by atoms with van der Waals surface area (Å²) in [6, 6.07) is 5.49. The van der Waals surface area contributed by atoms with Crippen LogP contribution in [0, 0.1) is 0 Å². The van der Waals surface area contributed by atoms with E-state index in [2.05, 4.69) is 15.5 Å². The van der Waals surface area contributed by atoms with Crippen molar-refractivity contribution >= 4 is 17.3 Å². The fourth-order valence-electron chi connectivity index (χ4n) is 2.47. The average molecular weight is 352 g/mol. The molecule has 0 saturated carbocycles. The number of benzene rings is 1. The molecule has 3 rings (SSSR count). The molecule has 0 aliphatic carbocycles. The summed E-state index contributed by atoms with van der Waals surface area (Å²) in [5, 5.41) is 7.84. The van der Waals surface area contributed by atoms with Crippen LogP contribution in [-0.2, 0) is 11.3 Å². The molecule has 0 bridgehead atoms. The summed E-state index contributed by atoms with van der Waals surface area (Å²) in [6.07, 6.45) is 2.30. The second-order valence-corrected chi connectivity index (χ2v) is 6.58. The number of nitrogens with zero attached hydrogens (tertiary/aromatic N) is 2. The summed E-state index contributed by atoms with van der Waals surface area (Å²) >= 11 is 6.10. The van der Waals surface area contributed by atoms with Crippen LogP contribution >= 0.6 is 11.6 Å². The minimum atomic E-state index is 0.165. The number of nitrogens with one attached hydrogen (secondary N) is 1. The van der Waals surface area contributed by atoms with Gasteiger partial charge in [0.15, 0.2) is 5.82 Å². The molecule has 1 fully saturated rings. The van der Waals surface area contributed by atoms with E-state index in [0.29, 0.717) is 29.9 Å². The Hall–Kier alpha value is -1.79. The van der Waals surface area contributed by atoms with Gasteiger partial charge in [0.2, 0.25) is 5.89 Å². The van der Waals surface area contributed by atoms with Crippen LogP contribution in [0.15, 0.2) is 22.7 Å². The maximum Gasteiger partial charge on any atom is 0.245 e. The molecular weight excluding hydrogens is 330 g/mol. The third kappa shape index (κ3) is 4.39. The molecular formula is C17H22ClN3O3. The van der Waals surface area contributed by atoms with Gasteiger partial charge in [-0.15, -0.1) is 0 Å². The molecule has 1 atom stereocenters. The lowest BCUT2D eigenvalue weighted by molar-refractivity contribution is 0.0682. The van der Waals surface area contributed by atoms with Gasteiger partial charge in [-0.2, -0.15) is 4.98 Å². The van der Waals surface area contributed by atoms with Gasteiger partial charge >= 0.3 is 0 Å². The van der Waals surface area contributed by atoms with Gasteiger partial charge in [0, 0.05) is 17.5 Å². The molecule has 1 saturated heterocycles. The SMILES string of the molecule is CC(C)c1noc(CNc2cc(Cl)ccc2OCC2CCCO2)n1. The molecule has 1 aromatic carbocycles. The van der Waals surface area contributed by atoms with Crippen molar-refractivity contribution in [1.82, 2.24) is 10.1 Å². The van der Waals surface area contributed by atoms with Gasteiger partial charge in [-0.25, -0.2) is 0 Å². The number of hydrogen-bond acceptors (Lipinski definition) is 6. The smallest absolute Gasteiger partial charge is 0.245 e.